The molecular weight excluding hydrogens is 610 g/mol. The highest BCUT2D eigenvalue weighted by atomic mass is 35.5. The zero-order valence-corrected chi connectivity index (χ0v) is 27.2. The van der Waals surface area contributed by atoms with E-state index in [1.807, 2.05) is 43.3 Å². The van der Waals surface area contributed by atoms with Crippen molar-refractivity contribution in [1.82, 2.24) is 10.2 Å². The maximum atomic E-state index is 14.5. The first-order valence-corrected chi connectivity index (χ1v) is 16.6. The van der Waals surface area contributed by atoms with E-state index in [0.717, 1.165) is 15.4 Å². The summed E-state index contributed by atoms with van der Waals surface area (Å²) in [5.74, 6) is -0.599. The Labute approximate surface area is 270 Å². The molecule has 0 aliphatic rings. The third-order valence-corrected chi connectivity index (χ3v) is 9.19. The molecule has 1 N–H and O–H groups in total. The minimum Gasteiger partial charge on any atom is -0.492 e. The second kappa shape index (κ2) is 15.6. The van der Waals surface area contributed by atoms with E-state index in [4.69, 9.17) is 16.3 Å². The van der Waals surface area contributed by atoms with Gasteiger partial charge in [0.05, 0.1) is 17.2 Å². The summed E-state index contributed by atoms with van der Waals surface area (Å²) in [5.41, 5.74) is 2.66. The number of hydrogen-bond acceptors (Lipinski definition) is 5. The molecule has 236 valence electrons. The molecule has 4 rings (SSSR count). The number of carbonyl (C=O) groups is 2. The predicted octanol–water partition coefficient (Wildman–Crippen LogP) is 6.02. The Bertz CT molecular complexity index is 1700. The molecule has 8 nitrogen and oxygen atoms in total. The van der Waals surface area contributed by atoms with E-state index in [2.05, 4.69) is 5.32 Å². The molecule has 0 saturated heterocycles. The van der Waals surface area contributed by atoms with Gasteiger partial charge in [-0.05, 0) is 68.3 Å². The van der Waals surface area contributed by atoms with E-state index in [1.165, 1.54) is 17.0 Å². The van der Waals surface area contributed by atoms with Crippen molar-refractivity contribution in [3.05, 3.63) is 125 Å². The van der Waals surface area contributed by atoms with Crippen molar-refractivity contribution in [1.29, 1.82) is 0 Å². The van der Waals surface area contributed by atoms with Crippen LogP contribution in [0.1, 0.15) is 30.5 Å². The molecule has 4 aromatic carbocycles. The van der Waals surface area contributed by atoms with Crippen LogP contribution in [0.25, 0.3) is 0 Å². The molecule has 0 aromatic heterocycles. The van der Waals surface area contributed by atoms with Gasteiger partial charge in [0.2, 0.25) is 11.8 Å². The van der Waals surface area contributed by atoms with E-state index in [0.29, 0.717) is 29.5 Å². The topological polar surface area (TPSA) is 96.0 Å². The van der Waals surface area contributed by atoms with Gasteiger partial charge in [-0.15, -0.1) is 0 Å². The summed E-state index contributed by atoms with van der Waals surface area (Å²) in [5, 5.41) is 3.34. The zero-order valence-electron chi connectivity index (χ0n) is 25.6. The third-order valence-electron chi connectivity index (χ3n) is 7.19. The second-order valence-electron chi connectivity index (χ2n) is 10.5. The van der Waals surface area contributed by atoms with Crippen LogP contribution in [0.5, 0.6) is 5.75 Å². The summed E-state index contributed by atoms with van der Waals surface area (Å²) in [6, 6.07) is 28.6. The Balaban J connectivity index is 1.83. The van der Waals surface area contributed by atoms with Crippen LogP contribution in [0.3, 0.4) is 0 Å². The fourth-order valence-electron chi connectivity index (χ4n) is 4.97. The molecule has 10 heteroatoms. The normalized spacial score (nSPS) is 11.8. The quantitative estimate of drug-likeness (QED) is 0.181. The highest BCUT2D eigenvalue weighted by molar-refractivity contribution is 7.92. The molecule has 0 heterocycles. The van der Waals surface area contributed by atoms with Crippen LogP contribution in [-0.2, 0) is 32.6 Å². The number of aryl methyl sites for hydroxylation is 1. The number of benzene rings is 4. The molecule has 0 radical (unpaired) electrons. The number of nitrogens with zero attached hydrogens (tertiary/aromatic N) is 2. The fourth-order valence-corrected chi connectivity index (χ4v) is 6.61. The summed E-state index contributed by atoms with van der Waals surface area (Å²) in [6.45, 7) is 5.57. The van der Waals surface area contributed by atoms with E-state index >= 15 is 0 Å². The first-order chi connectivity index (χ1) is 21.6. The van der Waals surface area contributed by atoms with Crippen LogP contribution < -0.4 is 14.4 Å². The van der Waals surface area contributed by atoms with Crippen molar-refractivity contribution in [2.75, 3.05) is 24.0 Å². The SMILES string of the molecule is CCNC(=O)[C@H](Cc1ccccc1)N(Cc1cccc(Cl)c1)C(=O)CN(c1ccccc1OCC)S(=O)(=O)c1ccc(C)cc1. The van der Waals surface area contributed by atoms with Crippen LogP contribution >= 0.6 is 11.6 Å². The van der Waals surface area contributed by atoms with Crippen molar-refractivity contribution in [2.24, 2.45) is 0 Å². The Kier molecular flexibility index (Phi) is 11.6. The van der Waals surface area contributed by atoms with Crippen LogP contribution in [0.15, 0.2) is 108 Å². The molecule has 0 aliphatic heterocycles. The third kappa shape index (κ3) is 8.65. The maximum absolute atomic E-state index is 14.5. The lowest BCUT2D eigenvalue weighted by atomic mass is 10.0. The number of sulfonamides is 1. The van der Waals surface area contributed by atoms with Gasteiger partial charge in [-0.3, -0.25) is 13.9 Å². The van der Waals surface area contributed by atoms with Crippen molar-refractivity contribution in [3.63, 3.8) is 0 Å². The second-order valence-corrected chi connectivity index (χ2v) is 12.8. The van der Waals surface area contributed by atoms with Gasteiger partial charge in [-0.1, -0.05) is 83.9 Å². The van der Waals surface area contributed by atoms with E-state index in [-0.39, 0.29) is 29.5 Å². The monoisotopic (exact) mass is 647 g/mol. The van der Waals surface area contributed by atoms with Crippen molar-refractivity contribution in [2.45, 2.75) is 44.7 Å². The van der Waals surface area contributed by atoms with Crippen molar-refractivity contribution in [3.8, 4) is 5.75 Å². The number of amides is 2. The zero-order chi connectivity index (χ0) is 32.4. The summed E-state index contributed by atoms with van der Waals surface area (Å²) >= 11 is 6.30. The molecule has 0 saturated carbocycles. The first-order valence-electron chi connectivity index (χ1n) is 14.8. The van der Waals surface area contributed by atoms with E-state index in [1.54, 1.807) is 68.4 Å². The Morgan fingerprint density at radius 3 is 2.20 bits per heavy atom. The number of hydrogen-bond donors (Lipinski definition) is 1. The van der Waals surface area contributed by atoms with Gasteiger partial charge >= 0.3 is 0 Å². The van der Waals surface area contributed by atoms with Crippen LogP contribution in [0, 0.1) is 6.92 Å². The lowest BCUT2D eigenvalue weighted by molar-refractivity contribution is -0.140. The van der Waals surface area contributed by atoms with Crippen molar-refractivity contribution >= 4 is 39.1 Å². The average molecular weight is 648 g/mol. The predicted molar refractivity (Wildman–Crippen MR) is 178 cm³/mol. The Hall–Kier alpha value is -4.34. The number of rotatable bonds is 14. The van der Waals surface area contributed by atoms with Crippen molar-refractivity contribution < 1.29 is 22.7 Å². The highest BCUT2D eigenvalue weighted by Gasteiger charge is 2.35. The van der Waals surface area contributed by atoms with Gasteiger partial charge in [-0.2, -0.15) is 0 Å². The molecule has 0 fully saturated rings. The summed E-state index contributed by atoms with van der Waals surface area (Å²) < 4.78 is 35.4. The maximum Gasteiger partial charge on any atom is 0.264 e. The van der Waals surface area contributed by atoms with E-state index < -0.39 is 28.5 Å². The average Bonchev–Trinajstić information content (AvgIpc) is 3.03. The molecule has 0 unspecified atom stereocenters. The fraction of sp³-hybridized carbons (Fsp3) is 0.257. The number of ether oxygens (including phenoxy) is 1. The minimum atomic E-state index is -4.25. The van der Waals surface area contributed by atoms with Gasteiger partial charge < -0.3 is 15.0 Å². The smallest absolute Gasteiger partial charge is 0.264 e. The number of carbonyl (C=O) groups excluding carboxylic acids is 2. The molecule has 1 atom stereocenters. The Morgan fingerprint density at radius 2 is 1.53 bits per heavy atom. The molecular formula is C35H38ClN3O5S. The highest BCUT2D eigenvalue weighted by Crippen LogP contribution is 2.33. The van der Waals surface area contributed by atoms with Crippen LogP contribution in [0.2, 0.25) is 5.02 Å². The molecule has 2 amide bonds. The number of halogens is 1. The summed E-state index contributed by atoms with van der Waals surface area (Å²) in [7, 11) is -4.25. The first kappa shape index (κ1) is 33.6. The van der Waals surface area contributed by atoms with Gasteiger partial charge in [0.1, 0.15) is 18.3 Å². The van der Waals surface area contributed by atoms with E-state index in [9.17, 15) is 18.0 Å². The molecule has 4 aromatic rings. The van der Waals surface area contributed by atoms with Crippen LogP contribution in [-0.4, -0.2) is 50.9 Å². The largest absolute Gasteiger partial charge is 0.492 e. The number of nitrogens with one attached hydrogen (secondary N) is 1. The summed E-state index contributed by atoms with van der Waals surface area (Å²) in [6.07, 6.45) is 0.221. The standard InChI is InChI=1S/C35H38ClN3O5S/c1-4-37-35(41)32(23-27-12-7-6-8-13-27)38(24-28-14-11-15-29(36)22-28)34(40)25-39(31-16-9-10-17-33(31)44-5-2)45(42,43)30-20-18-26(3)19-21-30/h6-22,32H,4-5,23-25H2,1-3H3,(H,37,41)/t32-/m0/s1. The lowest BCUT2D eigenvalue weighted by Crippen LogP contribution is -2.53. The van der Waals surface area contributed by atoms with Gasteiger partial charge in [0, 0.05) is 24.5 Å². The molecule has 0 spiro atoms. The number of para-hydroxylation sites is 2. The van der Waals surface area contributed by atoms with Gasteiger partial charge in [0.25, 0.3) is 10.0 Å². The van der Waals surface area contributed by atoms with Gasteiger partial charge in [0.15, 0.2) is 0 Å². The molecule has 0 aliphatic carbocycles. The Morgan fingerprint density at radius 1 is 0.867 bits per heavy atom. The number of likely N-dealkylation sites (N-methyl/N-ethyl adjacent to an activating group) is 1. The number of anilines is 1. The summed E-state index contributed by atoms with van der Waals surface area (Å²) in [4.78, 5) is 29.6. The lowest BCUT2D eigenvalue weighted by Gasteiger charge is -2.34. The minimum absolute atomic E-state index is 0.0261. The molecule has 0 bridgehead atoms. The van der Waals surface area contributed by atoms with Crippen LogP contribution in [0.4, 0.5) is 5.69 Å². The molecule has 45 heavy (non-hydrogen) atoms. The van der Waals surface area contributed by atoms with Gasteiger partial charge in [-0.25, -0.2) is 8.42 Å².